The third kappa shape index (κ3) is 4.27. The summed E-state index contributed by atoms with van der Waals surface area (Å²) in [6, 6.07) is 11.5. The van der Waals surface area contributed by atoms with E-state index in [1.165, 1.54) is 0 Å². The standard InChI is InChI=1S/C15H11NO7/c17-14(10-4-2-1-3-5-10)22-9-11-8-12(16(20)21)6-7-13(11)23-15(18)19/h1-8H,9H2,(H,18,19). The lowest BCUT2D eigenvalue weighted by Gasteiger charge is -2.09. The second kappa shape index (κ2) is 7.03. The first kappa shape index (κ1) is 16.0. The van der Waals surface area contributed by atoms with Gasteiger partial charge in [0.15, 0.2) is 0 Å². The third-order valence-electron chi connectivity index (χ3n) is 2.82. The average Bonchev–Trinajstić information content (AvgIpc) is 2.53. The summed E-state index contributed by atoms with van der Waals surface area (Å²) >= 11 is 0. The number of carbonyl (C=O) groups is 2. The monoisotopic (exact) mass is 317 g/mol. The Kier molecular flexibility index (Phi) is 4.88. The number of nitro benzene ring substituents is 1. The van der Waals surface area contributed by atoms with Crippen molar-refractivity contribution in [1.29, 1.82) is 0 Å². The SMILES string of the molecule is O=C(O)Oc1ccc([N+](=O)[O-])cc1COC(=O)c1ccccc1. The molecule has 0 aliphatic heterocycles. The summed E-state index contributed by atoms with van der Waals surface area (Å²) < 4.78 is 9.56. The molecule has 2 aromatic rings. The van der Waals surface area contributed by atoms with Crippen molar-refractivity contribution in [2.24, 2.45) is 0 Å². The van der Waals surface area contributed by atoms with Gasteiger partial charge in [-0.1, -0.05) is 18.2 Å². The number of benzene rings is 2. The summed E-state index contributed by atoms with van der Waals surface area (Å²) in [5.41, 5.74) is 0.109. The number of ether oxygens (including phenoxy) is 2. The van der Waals surface area contributed by atoms with Gasteiger partial charge in [0, 0.05) is 17.7 Å². The molecule has 2 rings (SSSR count). The molecule has 0 amide bonds. The van der Waals surface area contributed by atoms with E-state index in [1.54, 1.807) is 30.3 Å². The number of nitro groups is 1. The molecular formula is C15H11NO7. The molecule has 0 aliphatic carbocycles. The Labute approximate surface area is 130 Å². The lowest BCUT2D eigenvalue weighted by atomic mass is 10.2. The maximum Gasteiger partial charge on any atom is 0.511 e. The Morgan fingerprint density at radius 3 is 2.43 bits per heavy atom. The van der Waals surface area contributed by atoms with E-state index in [1.807, 2.05) is 0 Å². The smallest absolute Gasteiger partial charge is 0.457 e. The maximum absolute atomic E-state index is 11.9. The van der Waals surface area contributed by atoms with E-state index < -0.39 is 17.0 Å². The zero-order valence-electron chi connectivity index (χ0n) is 11.7. The largest absolute Gasteiger partial charge is 0.511 e. The summed E-state index contributed by atoms with van der Waals surface area (Å²) in [5, 5.41) is 19.4. The normalized spacial score (nSPS) is 9.91. The van der Waals surface area contributed by atoms with Crippen molar-refractivity contribution in [1.82, 2.24) is 0 Å². The molecule has 0 atom stereocenters. The lowest BCUT2D eigenvalue weighted by Crippen LogP contribution is -2.09. The van der Waals surface area contributed by atoms with E-state index in [0.29, 0.717) is 5.56 Å². The van der Waals surface area contributed by atoms with Crippen molar-refractivity contribution >= 4 is 17.8 Å². The molecule has 2 aromatic carbocycles. The molecule has 0 unspecified atom stereocenters. The van der Waals surface area contributed by atoms with Crippen molar-refractivity contribution in [3.05, 3.63) is 69.8 Å². The van der Waals surface area contributed by atoms with Crippen LogP contribution >= 0.6 is 0 Å². The molecule has 8 heteroatoms. The molecule has 0 radical (unpaired) electrons. The number of esters is 1. The number of nitrogens with zero attached hydrogens (tertiary/aromatic N) is 1. The first-order valence-corrected chi connectivity index (χ1v) is 6.37. The van der Waals surface area contributed by atoms with Gasteiger partial charge in [0.25, 0.3) is 5.69 Å². The first-order valence-electron chi connectivity index (χ1n) is 6.37. The van der Waals surface area contributed by atoms with Gasteiger partial charge in [-0.3, -0.25) is 10.1 Å². The maximum atomic E-state index is 11.9. The number of carbonyl (C=O) groups excluding carboxylic acids is 1. The zero-order chi connectivity index (χ0) is 16.8. The summed E-state index contributed by atoms with van der Waals surface area (Å²) in [6.07, 6.45) is -1.57. The number of rotatable bonds is 5. The van der Waals surface area contributed by atoms with Crippen LogP contribution in [0.2, 0.25) is 0 Å². The van der Waals surface area contributed by atoms with E-state index in [2.05, 4.69) is 4.74 Å². The van der Waals surface area contributed by atoms with E-state index >= 15 is 0 Å². The highest BCUT2D eigenvalue weighted by Gasteiger charge is 2.16. The molecule has 0 heterocycles. The van der Waals surface area contributed by atoms with E-state index in [9.17, 15) is 19.7 Å². The lowest BCUT2D eigenvalue weighted by molar-refractivity contribution is -0.385. The number of hydrogen-bond donors (Lipinski definition) is 1. The average molecular weight is 317 g/mol. The van der Waals surface area contributed by atoms with Gasteiger partial charge in [0.1, 0.15) is 12.4 Å². The van der Waals surface area contributed by atoms with Crippen molar-refractivity contribution in [2.45, 2.75) is 6.61 Å². The fourth-order valence-corrected chi connectivity index (χ4v) is 1.79. The number of carboxylic acid groups (broad SMARTS) is 1. The van der Waals surface area contributed by atoms with Crippen LogP contribution in [0.5, 0.6) is 5.75 Å². The molecule has 0 aliphatic rings. The highest BCUT2D eigenvalue weighted by molar-refractivity contribution is 5.89. The summed E-state index contributed by atoms with van der Waals surface area (Å²) in [5.74, 6) is -0.776. The topological polar surface area (TPSA) is 116 Å². The predicted molar refractivity (Wildman–Crippen MR) is 77.3 cm³/mol. The Hall–Kier alpha value is -3.42. The van der Waals surface area contributed by atoms with E-state index in [0.717, 1.165) is 18.2 Å². The van der Waals surface area contributed by atoms with Crippen molar-refractivity contribution in [2.75, 3.05) is 0 Å². The highest BCUT2D eigenvalue weighted by atomic mass is 16.7. The fraction of sp³-hybridized carbons (Fsp3) is 0.0667. The summed E-state index contributed by atoms with van der Waals surface area (Å²) in [7, 11) is 0. The van der Waals surface area contributed by atoms with Gasteiger partial charge in [-0.25, -0.2) is 9.59 Å². The molecule has 0 spiro atoms. The minimum atomic E-state index is -1.57. The van der Waals surface area contributed by atoms with Gasteiger partial charge in [-0.15, -0.1) is 0 Å². The fourth-order valence-electron chi connectivity index (χ4n) is 1.79. The van der Waals surface area contributed by atoms with Gasteiger partial charge >= 0.3 is 12.1 Å². The van der Waals surface area contributed by atoms with Gasteiger partial charge < -0.3 is 14.6 Å². The molecule has 0 saturated heterocycles. The molecule has 118 valence electrons. The molecule has 0 fully saturated rings. The third-order valence-corrected chi connectivity index (χ3v) is 2.82. The van der Waals surface area contributed by atoms with Crippen molar-refractivity contribution in [3.8, 4) is 5.75 Å². The Morgan fingerprint density at radius 2 is 1.83 bits per heavy atom. The van der Waals surface area contributed by atoms with Crippen molar-refractivity contribution < 1.29 is 29.1 Å². The minimum absolute atomic E-state index is 0.0749. The van der Waals surface area contributed by atoms with Gasteiger partial charge in [0.05, 0.1) is 10.5 Å². The Balaban J connectivity index is 2.19. The van der Waals surface area contributed by atoms with Crippen LogP contribution in [0.4, 0.5) is 10.5 Å². The molecule has 0 bridgehead atoms. The number of hydrogen-bond acceptors (Lipinski definition) is 6. The van der Waals surface area contributed by atoms with Crippen LogP contribution in [0.15, 0.2) is 48.5 Å². The Bertz CT molecular complexity index is 743. The van der Waals surface area contributed by atoms with Crippen LogP contribution in [0.3, 0.4) is 0 Å². The summed E-state index contributed by atoms with van der Waals surface area (Å²) in [6.45, 7) is -0.363. The van der Waals surface area contributed by atoms with Crippen LogP contribution in [0, 0.1) is 10.1 Å². The van der Waals surface area contributed by atoms with Gasteiger partial charge in [0.2, 0.25) is 0 Å². The van der Waals surface area contributed by atoms with E-state index in [4.69, 9.17) is 9.84 Å². The number of non-ortho nitro benzene ring substituents is 1. The second-order valence-corrected chi connectivity index (χ2v) is 4.36. The van der Waals surface area contributed by atoms with Gasteiger partial charge in [-0.2, -0.15) is 0 Å². The van der Waals surface area contributed by atoms with Crippen LogP contribution in [-0.2, 0) is 11.3 Å². The zero-order valence-corrected chi connectivity index (χ0v) is 11.7. The first-order chi connectivity index (χ1) is 11.0. The van der Waals surface area contributed by atoms with Gasteiger partial charge in [-0.05, 0) is 18.2 Å². The minimum Gasteiger partial charge on any atom is -0.457 e. The molecule has 23 heavy (non-hydrogen) atoms. The molecule has 0 saturated carbocycles. The second-order valence-electron chi connectivity index (χ2n) is 4.36. The molecule has 8 nitrogen and oxygen atoms in total. The summed E-state index contributed by atoms with van der Waals surface area (Å²) in [4.78, 5) is 32.6. The predicted octanol–water partition coefficient (Wildman–Crippen LogP) is 3.01. The Morgan fingerprint density at radius 1 is 1.13 bits per heavy atom. The van der Waals surface area contributed by atoms with Crippen LogP contribution in [0.25, 0.3) is 0 Å². The van der Waals surface area contributed by atoms with Crippen molar-refractivity contribution in [3.63, 3.8) is 0 Å². The molecule has 1 N–H and O–H groups in total. The quantitative estimate of drug-likeness (QED) is 0.390. The highest BCUT2D eigenvalue weighted by Crippen LogP contribution is 2.25. The molecular weight excluding hydrogens is 306 g/mol. The van der Waals surface area contributed by atoms with Crippen LogP contribution in [0.1, 0.15) is 15.9 Å². The van der Waals surface area contributed by atoms with Crippen LogP contribution in [-0.4, -0.2) is 22.2 Å². The van der Waals surface area contributed by atoms with Crippen LogP contribution < -0.4 is 4.74 Å². The molecule has 0 aromatic heterocycles. The van der Waals surface area contributed by atoms with E-state index in [-0.39, 0.29) is 23.6 Å².